The van der Waals surface area contributed by atoms with Crippen LogP contribution in [0.1, 0.15) is 0 Å². The molecular weight excluding hydrogens is 821 g/mol. The van der Waals surface area contributed by atoms with Crippen LogP contribution >= 0.6 is 0 Å². The van der Waals surface area contributed by atoms with Crippen LogP contribution < -0.4 is 4.90 Å². The van der Waals surface area contributed by atoms with Gasteiger partial charge < -0.3 is 9.47 Å². The molecule has 2 heteroatoms. The van der Waals surface area contributed by atoms with E-state index in [9.17, 15) is 0 Å². The first-order chi connectivity index (χ1) is 33.7. The van der Waals surface area contributed by atoms with E-state index in [1.54, 1.807) is 0 Å². The number of aromatic nitrogens is 1. The van der Waals surface area contributed by atoms with Crippen LogP contribution in [0.25, 0.3) is 104 Å². The monoisotopic (exact) mass is 864 g/mol. The van der Waals surface area contributed by atoms with Gasteiger partial charge in [0.05, 0.1) is 16.7 Å². The summed E-state index contributed by atoms with van der Waals surface area (Å²) < 4.78 is 2.51. The molecule has 0 aliphatic carbocycles. The quantitative estimate of drug-likeness (QED) is 0.148. The maximum atomic E-state index is 2.51. The third-order valence-corrected chi connectivity index (χ3v) is 13.8. The second kappa shape index (κ2) is 16.5. The maximum absolute atomic E-state index is 2.51. The minimum Gasteiger partial charge on any atom is -0.310 e. The summed E-state index contributed by atoms with van der Waals surface area (Å²) in [6.45, 7) is 0. The lowest BCUT2D eigenvalue weighted by atomic mass is 9.92. The fourth-order valence-corrected chi connectivity index (χ4v) is 10.6. The number of para-hydroxylation sites is 1. The summed E-state index contributed by atoms with van der Waals surface area (Å²) in [5.74, 6) is 0. The first-order valence-electron chi connectivity index (χ1n) is 23.4. The average molecular weight is 865 g/mol. The lowest BCUT2D eigenvalue weighted by Crippen LogP contribution is -2.10. The van der Waals surface area contributed by atoms with E-state index in [4.69, 9.17) is 0 Å². The van der Waals surface area contributed by atoms with Crippen molar-refractivity contribution in [3.05, 3.63) is 267 Å². The van der Waals surface area contributed by atoms with Gasteiger partial charge in [0, 0.05) is 38.8 Å². The van der Waals surface area contributed by atoms with Crippen molar-refractivity contribution in [1.82, 2.24) is 4.57 Å². The highest BCUT2D eigenvalue weighted by atomic mass is 15.1. The maximum Gasteiger partial charge on any atom is 0.0619 e. The first-order valence-corrected chi connectivity index (χ1v) is 23.4. The minimum atomic E-state index is 1.07. The zero-order valence-electron chi connectivity index (χ0n) is 37.3. The van der Waals surface area contributed by atoms with Crippen LogP contribution in [0.2, 0.25) is 0 Å². The molecule has 0 radical (unpaired) electrons. The van der Waals surface area contributed by atoms with Gasteiger partial charge in [-0.3, -0.25) is 0 Å². The van der Waals surface area contributed by atoms with E-state index >= 15 is 0 Å². The van der Waals surface area contributed by atoms with E-state index in [2.05, 4.69) is 276 Å². The van der Waals surface area contributed by atoms with Gasteiger partial charge in [-0.05, 0) is 114 Å². The lowest BCUT2D eigenvalue weighted by molar-refractivity contribution is 1.19. The molecule has 0 amide bonds. The molecule has 1 aromatic heterocycles. The van der Waals surface area contributed by atoms with E-state index in [1.807, 2.05) is 0 Å². The van der Waals surface area contributed by atoms with Crippen LogP contribution in [0, 0.1) is 0 Å². The standard InChI is InChI=1S/C66H44N2/c1-2-16-47(17-3-1)59-31-15-33-64(68-63-32-11-10-28-61(63)62-43-38-48-20-6-9-27-60(48)66(62)68)65(59)50-36-41-53(42-37-50)67(52-39-34-49(35-40-52)57-29-13-21-45-18-4-7-25-55(45)57)54-24-12-23-51(44-54)58-30-14-22-46-19-5-8-26-56(46)58/h1-44H. The van der Waals surface area contributed by atoms with Crippen molar-refractivity contribution in [3.8, 4) is 50.2 Å². The molecule has 12 aromatic carbocycles. The molecule has 0 aliphatic heterocycles. The zero-order valence-corrected chi connectivity index (χ0v) is 37.3. The van der Waals surface area contributed by atoms with Crippen molar-refractivity contribution in [2.45, 2.75) is 0 Å². The largest absolute Gasteiger partial charge is 0.310 e. The molecule has 0 spiro atoms. The number of anilines is 3. The van der Waals surface area contributed by atoms with E-state index in [1.165, 1.54) is 93.1 Å². The average Bonchev–Trinajstić information content (AvgIpc) is 3.76. The van der Waals surface area contributed by atoms with Crippen LogP contribution in [0.15, 0.2) is 267 Å². The van der Waals surface area contributed by atoms with Crippen LogP contribution in [-0.4, -0.2) is 4.57 Å². The molecule has 68 heavy (non-hydrogen) atoms. The molecule has 0 atom stereocenters. The molecule has 13 aromatic rings. The Morgan fingerprint density at radius 1 is 0.265 bits per heavy atom. The summed E-state index contributed by atoms with van der Waals surface area (Å²) in [4.78, 5) is 2.40. The summed E-state index contributed by atoms with van der Waals surface area (Å²) >= 11 is 0. The molecule has 13 rings (SSSR count). The van der Waals surface area contributed by atoms with Gasteiger partial charge in [0.15, 0.2) is 0 Å². The molecule has 318 valence electrons. The predicted octanol–water partition coefficient (Wildman–Crippen LogP) is 18.4. The van der Waals surface area contributed by atoms with Gasteiger partial charge in [0.25, 0.3) is 0 Å². The van der Waals surface area contributed by atoms with Crippen molar-refractivity contribution >= 4 is 71.2 Å². The molecule has 0 bridgehead atoms. The lowest BCUT2D eigenvalue weighted by Gasteiger charge is -2.27. The number of fused-ring (bicyclic) bond motifs is 7. The Morgan fingerprint density at radius 3 is 1.44 bits per heavy atom. The normalized spacial score (nSPS) is 11.5. The van der Waals surface area contributed by atoms with Gasteiger partial charge in [-0.2, -0.15) is 0 Å². The Bertz CT molecular complexity index is 4000. The number of rotatable bonds is 8. The molecule has 2 nitrogen and oxygen atoms in total. The first kappa shape index (κ1) is 39.4. The van der Waals surface area contributed by atoms with Gasteiger partial charge in [0.2, 0.25) is 0 Å². The second-order valence-corrected chi connectivity index (χ2v) is 17.6. The summed E-state index contributed by atoms with van der Waals surface area (Å²) in [5, 5.41) is 9.92. The topological polar surface area (TPSA) is 8.17 Å². The molecule has 0 aliphatic rings. The summed E-state index contributed by atoms with van der Waals surface area (Å²) in [6.07, 6.45) is 0. The highest BCUT2D eigenvalue weighted by molar-refractivity contribution is 6.19. The van der Waals surface area contributed by atoms with E-state index < -0.39 is 0 Å². The highest BCUT2D eigenvalue weighted by Gasteiger charge is 2.22. The van der Waals surface area contributed by atoms with Gasteiger partial charge >= 0.3 is 0 Å². The smallest absolute Gasteiger partial charge is 0.0619 e. The van der Waals surface area contributed by atoms with E-state index in [0.29, 0.717) is 0 Å². The highest BCUT2D eigenvalue weighted by Crippen LogP contribution is 2.45. The third-order valence-electron chi connectivity index (χ3n) is 13.8. The molecule has 0 unspecified atom stereocenters. The fourth-order valence-electron chi connectivity index (χ4n) is 10.6. The number of hydrogen-bond acceptors (Lipinski definition) is 1. The molecular formula is C66H44N2. The van der Waals surface area contributed by atoms with Crippen LogP contribution in [0.3, 0.4) is 0 Å². The van der Waals surface area contributed by atoms with Gasteiger partial charge in [0.1, 0.15) is 0 Å². The van der Waals surface area contributed by atoms with E-state index in [-0.39, 0.29) is 0 Å². The second-order valence-electron chi connectivity index (χ2n) is 17.6. The number of hydrogen-bond donors (Lipinski definition) is 0. The van der Waals surface area contributed by atoms with E-state index in [0.717, 1.165) is 28.3 Å². The molecule has 0 saturated carbocycles. The molecule has 1 heterocycles. The summed E-state index contributed by atoms with van der Waals surface area (Å²) in [5.41, 5.74) is 16.3. The Kier molecular flexibility index (Phi) is 9.54. The van der Waals surface area contributed by atoms with Gasteiger partial charge in [-0.1, -0.05) is 218 Å². The number of benzene rings is 12. The van der Waals surface area contributed by atoms with Crippen molar-refractivity contribution in [2.75, 3.05) is 4.90 Å². The van der Waals surface area contributed by atoms with Crippen LogP contribution in [0.4, 0.5) is 17.1 Å². The SMILES string of the molecule is c1ccc(-c2cccc(-n3c4ccccc4c4ccc5ccccc5c43)c2-c2ccc(N(c3ccc(-c4cccc5ccccc45)cc3)c3cccc(-c4cccc5ccccc45)c3)cc2)cc1. The molecule has 0 fully saturated rings. The Balaban J connectivity index is 0.998. The summed E-state index contributed by atoms with van der Waals surface area (Å²) in [6, 6.07) is 97.6. The van der Waals surface area contributed by atoms with Crippen molar-refractivity contribution in [2.24, 2.45) is 0 Å². The van der Waals surface area contributed by atoms with Crippen molar-refractivity contribution in [3.63, 3.8) is 0 Å². The Morgan fingerprint density at radius 2 is 0.750 bits per heavy atom. The van der Waals surface area contributed by atoms with Crippen LogP contribution in [0.5, 0.6) is 0 Å². The molecule has 0 N–H and O–H groups in total. The minimum absolute atomic E-state index is 1.07. The third kappa shape index (κ3) is 6.65. The fraction of sp³-hybridized carbons (Fsp3) is 0. The Labute approximate surface area is 395 Å². The Hall–Kier alpha value is -8.98. The predicted molar refractivity (Wildman–Crippen MR) is 290 cm³/mol. The van der Waals surface area contributed by atoms with Gasteiger partial charge in [-0.25, -0.2) is 0 Å². The zero-order chi connectivity index (χ0) is 45.0. The molecule has 0 saturated heterocycles. The number of nitrogens with zero attached hydrogens (tertiary/aromatic N) is 2. The van der Waals surface area contributed by atoms with Crippen LogP contribution in [-0.2, 0) is 0 Å². The van der Waals surface area contributed by atoms with Crippen molar-refractivity contribution in [1.29, 1.82) is 0 Å². The van der Waals surface area contributed by atoms with Crippen molar-refractivity contribution < 1.29 is 0 Å². The summed E-state index contributed by atoms with van der Waals surface area (Å²) in [7, 11) is 0. The van der Waals surface area contributed by atoms with Gasteiger partial charge in [-0.15, -0.1) is 0 Å².